The highest BCUT2D eigenvalue weighted by molar-refractivity contribution is 5.78. The summed E-state index contributed by atoms with van der Waals surface area (Å²) in [4.78, 5) is 14.2. The van der Waals surface area contributed by atoms with Gasteiger partial charge in [-0.25, -0.2) is 0 Å². The number of benzene rings is 1. The van der Waals surface area contributed by atoms with E-state index in [-0.39, 0.29) is 12.0 Å². The number of rotatable bonds is 6. The zero-order chi connectivity index (χ0) is 15.9. The normalized spacial score (nSPS) is 20.6. The molecule has 0 aliphatic carbocycles. The summed E-state index contributed by atoms with van der Waals surface area (Å²) < 4.78 is 0. The molecule has 0 bridgehead atoms. The predicted octanol–water partition coefficient (Wildman–Crippen LogP) is 1.75. The standard InChI is InChI=1S/C18H28N2O2/c1-14-6-3-4-7-16(14)9-10-19-18(22)13-20-11-5-8-17(12-20)15(2)21/h3-4,6-7,15,17,21H,5,8-13H2,1-2H3,(H,19,22). The van der Waals surface area contributed by atoms with Crippen molar-refractivity contribution in [2.75, 3.05) is 26.2 Å². The van der Waals surface area contributed by atoms with E-state index in [1.165, 1.54) is 11.1 Å². The van der Waals surface area contributed by atoms with Crippen molar-refractivity contribution >= 4 is 5.91 Å². The molecule has 1 aromatic rings. The van der Waals surface area contributed by atoms with Gasteiger partial charge >= 0.3 is 0 Å². The minimum atomic E-state index is -0.285. The Bertz CT molecular complexity index is 488. The van der Waals surface area contributed by atoms with E-state index < -0.39 is 0 Å². The summed E-state index contributed by atoms with van der Waals surface area (Å²) in [6, 6.07) is 8.28. The summed E-state index contributed by atoms with van der Waals surface area (Å²) in [6.07, 6.45) is 2.70. The van der Waals surface area contributed by atoms with Crippen LogP contribution in [0.4, 0.5) is 0 Å². The lowest BCUT2D eigenvalue weighted by atomic mass is 9.93. The van der Waals surface area contributed by atoms with E-state index in [2.05, 4.69) is 29.3 Å². The van der Waals surface area contributed by atoms with E-state index in [0.29, 0.717) is 19.0 Å². The summed E-state index contributed by atoms with van der Waals surface area (Å²) in [5, 5.41) is 12.7. The van der Waals surface area contributed by atoms with Crippen LogP contribution in [-0.2, 0) is 11.2 Å². The minimum absolute atomic E-state index is 0.0832. The van der Waals surface area contributed by atoms with Crippen molar-refractivity contribution in [3.05, 3.63) is 35.4 Å². The Balaban J connectivity index is 1.71. The lowest BCUT2D eigenvalue weighted by Crippen LogP contribution is -2.45. The average Bonchev–Trinajstić information content (AvgIpc) is 2.49. The second-order valence-electron chi connectivity index (χ2n) is 6.40. The maximum atomic E-state index is 12.0. The van der Waals surface area contributed by atoms with Gasteiger partial charge in [-0.2, -0.15) is 0 Å². The minimum Gasteiger partial charge on any atom is -0.393 e. The van der Waals surface area contributed by atoms with Crippen molar-refractivity contribution in [3.8, 4) is 0 Å². The molecule has 1 saturated heterocycles. The van der Waals surface area contributed by atoms with E-state index in [9.17, 15) is 9.90 Å². The number of amides is 1. The monoisotopic (exact) mass is 304 g/mol. The van der Waals surface area contributed by atoms with Crippen LogP contribution >= 0.6 is 0 Å². The highest BCUT2D eigenvalue weighted by Gasteiger charge is 2.24. The van der Waals surface area contributed by atoms with Gasteiger partial charge in [0.1, 0.15) is 0 Å². The first kappa shape index (κ1) is 17.0. The number of carbonyl (C=O) groups is 1. The number of carbonyl (C=O) groups excluding carboxylic acids is 1. The number of piperidine rings is 1. The smallest absolute Gasteiger partial charge is 0.234 e. The Hall–Kier alpha value is -1.39. The Morgan fingerprint density at radius 3 is 2.95 bits per heavy atom. The first-order chi connectivity index (χ1) is 10.6. The fraction of sp³-hybridized carbons (Fsp3) is 0.611. The third kappa shape index (κ3) is 5.11. The summed E-state index contributed by atoms with van der Waals surface area (Å²) in [5.74, 6) is 0.383. The van der Waals surface area contributed by atoms with Crippen molar-refractivity contribution in [1.29, 1.82) is 0 Å². The van der Waals surface area contributed by atoms with Crippen LogP contribution in [0.3, 0.4) is 0 Å². The molecule has 2 atom stereocenters. The summed E-state index contributed by atoms with van der Waals surface area (Å²) >= 11 is 0. The predicted molar refractivity (Wildman–Crippen MR) is 88.7 cm³/mol. The molecular formula is C18H28N2O2. The molecule has 2 N–H and O–H groups in total. The van der Waals surface area contributed by atoms with Crippen molar-refractivity contribution in [3.63, 3.8) is 0 Å². The molecule has 4 nitrogen and oxygen atoms in total. The molecule has 0 saturated carbocycles. The number of nitrogens with one attached hydrogen (secondary N) is 1. The number of nitrogens with zero attached hydrogens (tertiary/aromatic N) is 1. The lowest BCUT2D eigenvalue weighted by Gasteiger charge is -2.33. The van der Waals surface area contributed by atoms with Gasteiger partial charge in [0.05, 0.1) is 12.6 Å². The van der Waals surface area contributed by atoms with Gasteiger partial charge in [-0.1, -0.05) is 24.3 Å². The fourth-order valence-corrected chi connectivity index (χ4v) is 3.11. The zero-order valence-corrected chi connectivity index (χ0v) is 13.7. The molecule has 1 amide bonds. The third-order valence-corrected chi connectivity index (χ3v) is 4.57. The quantitative estimate of drug-likeness (QED) is 0.842. The highest BCUT2D eigenvalue weighted by atomic mass is 16.3. The van der Waals surface area contributed by atoms with Gasteiger partial charge in [0.15, 0.2) is 0 Å². The fourth-order valence-electron chi connectivity index (χ4n) is 3.11. The molecule has 2 rings (SSSR count). The van der Waals surface area contributed by atoms with Gasteiger partial charge in [0.2, 0.25) is 5.91 Å². The maximum absolute atomic E-state index is 12.0. The molecule has 0 aromatic heterocycles. The van der Waals surface area contributed by atoms with Crippen molar-refractivity contribution in [2.24, 2.45) is 5.92 Å². The molecule has 1 heterocycles. The Labute approximate surface area is 133 Å². The Morgan fingerprint density at radius 1 is 1.45 bits per heavy atom. The highest BCUT2D eigenvalue weighted by Crippen LogP contribution is 2.19. The number of aliphatic hydroxyl groups excluding tert-OH is 1. The maximum Gasteiger partial charge on any atom is 0.234 e. The summed E-state index contributed by atoms with van der Waals surface area (Å²) in [6.45, 7) is 6.84. The Kier molecular flexibility index (Phi) is 6.40. The lowest BCUT2D eigenvalue weighted by molar-refractivity contribution is -0.122. The van der Waals surface area contributed by atoms with Crippen LogP contribution < -0.4 is 5.32 Å². The van der Waals surface area contributed by atoms with Crippen LogP contribution in [0, 0.1) is 12.8 Å². The first-order valence-electron chi connectivity index (χ1n) is 8.28. The van der Waals surface area contributed by atoms with Crippen LogP contribution in [0.5, 0.6) is 0 Å². The van der Waals surface area contributed by atoms with Crippen molar-refractivity contribution in [2.45, 2.75) is 39.2 Å². The molecule has 0 spiro atoms. The summed E-state index contributed by atoms with van der Waals surface area (Å²) in [7, 11) is 0. The van der Waals surface area contributed by atoms with Gasteiger partial charge in [0.25, 0.3) is 0 Å². The number of aryl methyl sites for hydroxylation is 1. The molecule has 22 heavy (non-hydrogen) atoms. The van der Waals surface area contributed by atoms with Gasteiger partial charge in [-0.05, 0) is 56.7 Å². The van der Waals surface area contributed by atoms with Crippen LogP contribution in [0.15, 0.2) is 24.3 Å². The average molecular weight is 304 g/mol. The largest absolute Gasteiger partial charge is 0.393 e. The second-order valence-corrected chi connectivity index (χ2v) is 6.40. The molecule has 122 valence electrons. The topological polar surface area (TPSA) is 52.6 Å². The van der Waals surface area contributed by atoms with E-state index in [4.69, 9.17) is 0 Å². The van der Waals surface area contributed by atoms with Gasteiger partial charge in [0, 0.05) is 13.1 Å². The van der Waals surface area contributed by atoms with E-state index in [0.717, 1.165) is 32.4 Å². The second kappa shape index (κ2) is 8.30. The summed E-state index contributed by atoms with van der Waals surface area (Å²) in [5.41, 5.74) is 2.56. The third-order valence-electron chi connectivity index (χ3n) is 4.57. The number of aliphatic hydroxyl groups is 1. The molecule has 1 fully saturated rings. The van der Waals surface area contributed by atoms with Crippen LogP contribution in [0.1, 0.15) is 30.9 Å². The molecule has 2 unspecified atom stereocenters. The van der Waals surface area contributed by atoms with Crippen molar-refractivity contribution in [1.82, 2.24) is 10.2 Å². The van der Waals surface area contributed by atoms with Gasteiger partial charge in [-0.3, -0.25) is 9.69 Å². The van der Waals surface area contributed by atoms with Gasteiger partial charge in [-0.15, -0.1) is 0 Å². The molecular weight excluding hydrogens is 276 g/mol. The molecule has 0 radical (unpaired) electrons. The van der Waals surface area contributed by atoms with E-state index >= 15 is 0 Å². The molecule has 1 aromatic carbocycles. The first-order valence-corrected chi connectivity index (χ1v) is 8.28. The number of likely N-dealkylation sites (tertiary alicyclic amines) is 1. The molecule has 1 aliphatic heterocycles. The number of hydrogen-bond donors (Lipinski definition) is 2. The van der Waals surface area contributed by atoms with E-state index in [1.807, 2.05) is 19.1 Å². The van der Waals surface area contributed by atoms with Crippen LogP contribution in [-0.4, -0.2) is 48.2 Å². The molecule has 4 heteroatoms. The Morgan fingerprint density at radius 2 is 2.23 bits per heavy atom. The van der Waals surface area contributed by atoms with Gasteiger partial charge < -0.3 is 10.4 Å². The SMILES string of the molecule is Cc1ccccc1CCNC(=O)CN1CCCC(C(C)O)C1. The van der Waals surface area contributed by atoms with E-state index in [1.54, 1.807) is 0 Å². The van der Waals surface area contributed by atoms with Crippen LogP contribution in [0.2, 0.25) is 0 Å². The zero-order valence-electron chi connectivity index (χ0n) is 13.7. The number of hydrogen-bond acceptors (Lipinski definition) is 3. The van der Waals surface area contributed by atoms with Crippen LogP contribution in [0.25, 0.3) is 0 Å². The van der Waals surface area contributed by atoms with Crippen molar-refractivity contribution < 1.29 is 9.90 Å². The molecule has 1 aliphatic rings.